The van der Waals surface area contributed by atoms with Gasteiger partial charge in [0.15, 0.2) is 5.69 Å². The Morgan fingerprint density at radius 1 is 1.17 bits per heavy atom. The molecule has 3 rings (SSSR count). The number of aliphatic hydroxyl groups is 1. The molecule has 2 aromatic carbocycles. The zero-order valence-corrected chi connectivity index (χ0v) is 16.5. The minimum Gasteiger partial charge on any atom is -0.461 e. The second-order valence-electron chi connectivity index (χ2n) is 6.08. The van der Waals surface area contributed by atoms with Crippen molar-refractivity contribution in [2.45, 2.75) is 13.3 Å². The number of aromatic nitrogens is 2. The lowest BCUT2D eigenvalue weighted by Crippen LogP contribution is -2.19. The molecule has 0 radical (unpaired) electrons. The van der Waals surface area contributed by atoms with Gasteiger partial charge in [0.25, 0.3) is 5.91 Å². The van der Waals surface area contributed by atoms with E-state index < -0.39 is 11.9 Å². The van der Waals surface area contributed by atoms with Gasteiger partial charge in [-0.05, 0) is 37.3 Å². The number of halogens is 1. The third-order valence-electron chi connectivity index (χ3n) is 4.11. The zero-order chi connectivity index (χ0) is 20.8. The van der Waals surface area contributed by atoms with E-state index in [2.05, 4.69) is 10.4 Å². The van der Waals surface area contributed by atoms with Gasteiger partial charge in [-0.3, -0.25) is 4.79 Å². The van der Waals surface area contributed by atoms with Crippen LogP contribution in [0.1, 0.15) is 33.5 Å². The van der Waals surface area contributed by atoms with E-state index in [4.69, 9.17) is 16.3 Å². The van der Waals surface area contributed by atoms with Gasteiger partial charge in [-0.15, -0.1) is 0 Å². The molecule has 1 heterocycles. The number of anilines is 1. The normalized spacial score (nSPS) is 10.6. The number of rotatable bonds is 7. The molecule has 0 saturated heterocycles. The molecule has 3 aromatic rings. The monoisotopic (exact) mass is 413 g/mol. The van der Waals surface area contributed by atoms with E-state index in [0.717, 1.165) is 0 Å². The van der Waals surface area contributed by atoms with Gasteiger partial charge in [-0.1, -0.05) is 35.9 Å². The van der Waals surface area contributed by atoms with E-state index in [-0.39, 0.29) is 31.0 Å². The highest BCUT2D eigenvalue weighted by Crippen LogP contribution is 2.24. The molecule has 0 saturated carbocycles. The first-order chi connectivity index (χ1) is 14.0. The van der Waals surface area contributed by atoms with Crippen molar-refractivity contribution in [1.82, 2.24) is 9.78 Å². The summed E-state index contributed by atoms with van der Waals surface area (Å²) in [5, 5.41) is 17.1. The molecule has 1 amide bonds. The Hall–Kier alpha value is -3.16. The van der Waals surface area contributed by atoms with Gasteiger partial charge in [0, 0.05) is 29.3 Å². The second-order valence-corrected chi connectivity index (χ2v) is 6.52. The maximum absolute atomic E-state index is 13.1. The van der Waals surface area contributed by atoms with Crippen LogP contribution in [-0.2, 0) is 11.2 Å². The van der Waals surface area contributed by atoms with Crippen molar-refractivity contribution in [1.29, 1.82) is 0 Å². The van der Waals surface area contributed by atoms with Gasteiger partial charge in [-0.2, -0.15) is 5.10 Å². The van der Waals surface area contributed by atoms with Crippen molar-refractivity contribution >= 4 is 29.2 Å². The van der Waals surface area contributed by atoms with Crippen LogP contribution in [0.5, 0.6) is 0 Å². The number of aliphatic hydroxyl groups excluding tert-OH is 1. The average molecular weight is 414 g/mol. The second kappa shape index (κ2) is 9.36. The van der Waals surface area contributed by atoms with Crippen LogP contribution in [0, 0.1) is 0 Å². The molecule has 7 nitrogen and oxygen atoms in total. The largest absolute Gasteiger partial charge is 0.461 e. The van der Waals surface area contributed by atoms with Crippen LogP contribution in [-0.4, -0.2) is 40.0 Å². The summed E-state index contributed by atoms with van der Waals surface area (Å²) in [6, 6.07) is 15.7. The highest BCUT2D eigenvalue weighted by Gasteiger charge is 2.28. The van der Waals surface area contributed by atoms with E-state index in [1.165, 1.54) is 4.68 Å². The first kappa shape index (κ1) is 20.6. The molecule has 0 fully saturated rings. The van der Waals surface area contributed by atoms with Crippen LogP contribution >= 0.6 is 11.6 Å². The van der Waals surface area contributed by atoms with Crippen LogP contribution in [0.2, 0.25) is 5.02 Å². The third-order valence-corrected chi connectivity index (χ3v) is 4.35. The summed E-state index contributed by atoms with van der Waals surface area (Å²) in [7, 11) is 0. The minimum absolute atomic E-state index is 0.0147. The number of hydrogen-bond acceptors (Lipinski definition) is 5. The Morgan fingerprint density at radius 2 is 1.93 bits per heavy atom. The van der Waals surface area contributed by atoms with Crippen molar-refractivity contribution in [3.63, 3.8) is 0 Å². The maximum Gasteiger partial charge on any atom is 0.359 e. The summed E-state index contributed by atoms with van der Waals surface area (Å²) in [5.41, 5.74) is 1.51. The molecule has 8 heteroatoms. The van der Waals surface area contributed by atoms with Crippen LogP contribution in [0.3, 0.4) is 0 Å². The maximum atomic E-state index is 13.1. The van der Waals surface area contributed by atoms with E-state index in [1.807, 2.05) is 6.07 Å². The number of hydrogen-bond donors (Lipinski definition) is 2. The van der Waals surface area contributed by atoms with Gasteiger partial charge in [0.2, 0.25) is 0 Å². The number of benzene rings is 2. The Morgan fingerprint density at radius 3 is 2.59 bits per heavy atom. The molecule has 1 aromatic heterocycles. The molecule has 0 aliphatic rings. The molecule has 150 valence electrons. The lowest BCUT2D eigenvalue weighted by molar-refractivity contribution is 0.0517. The Kier molecular flexibility index (Phi) is 6.64. The van der Waals surface area contributed by atoms with Gasteiger partial charge >= 0.3 is 5.97 Å². The van der Waals surface area contributed by atoms with Crippen molar-refractivity contribution < 1.29 is 19.4 Å². The summed E-state index contributed by atoms with van der Waals surface area (Å²) in [5.74, 6) is -1.13. The van der Waals surface area contributed by atoms with Crippen LogP contribution in [0.25, 0.3) is 5.69 Å². The van der Waals surface area contributed by atoms with Crippen LogP contribution < -0.4 is 5.32 Å². The summed E-state index contributed by atoms with van der Waals surface area (Å²) in [4.78, 5) is 25.6. The number of esters is 1. The quantitative estimate of drug-likeness (QED) is 0.578. The van der Waals surface area contributed by atoms with Crippen LogP contribution in [0.15, 0.2) is 54.6 Å². The fourth-order valence-corrected chi connectivity index (χ4v) is 3.09. The Labute approximate surface area is 172 Å². The number of para-hydroxylation sites is 1. The fraction of sp³-hybridized carbons (Fsp3) is 0.190. The SMILES string of the molecule is CCOC(=O)c1nn(-c2cccc(Cl)c2)c(C(=O)Nc2ccccc2)c1CCO. The molecular weight excluding hydrogens is 394 g/mol. The first-order valence-electron chi connectivity index (χ1n) is 9.07. The molecule has 29 heavy (non-hydrogen) atoms. The molecule has 0 aliphatic heterocycles. The van der Waals surface area contributed by atoms with Gasteiger partial charge < -0.3 is 15.2 Å². The van der Waals surface area contributed by atoms with E-state index in [1.54, 1.807) is 55.5 Å². The summed E-state index contributed by atoms with van der Waals surface area (Å²) >= 11 is 6.10. The Balaban J connectivity index is 2.16. The molecule has 0 spiro atoms. The standard InChI is InChI=1S/C21H20ClN3O4/c1-2-29-21(28)18-17(11-12-26)19(20(27)23-15-8-4-3-5-9-15)25(24-18)16-10-6-7-14(22)13-16/h3-10,13,26H,2,11-12H2,1H3,(H,23,27). The van der Waals surface area contributed by atoms with Crippen molar-refractivity contribution in [2.24, 2.45) is 0 Å². The first-order valence-corrected chi connectivity index (χ1v) is 9.45. The number of nitrogens with one attached hydrogen (secondary N) is 1. The lowest BCUT2D eigenvalue weighted by Gasteiger charge is -2.10. The van der Waals surface area contributed by atoms with Gasteiger partial charge in [-0.25, -0.2) is 9.48 Å². The van der Waals surface area contributed by atoms with E-state index in [9.17, 15) is 14.7 Å². The zero-order valence-electron chi connectivity index (χ0n) is 15.8. The topological polar surface area (TPSA) is 93.5 Å². The smallest absolute Gasteiger partial charge is 0.359 e. The van der Waals surface area contributed by atoms with Crippen molar-refractivity contribution in [3.8, 4) is 5.69 Å². The summed E-state index contributed by atoms with van der Waals surface area (Å²) in [6.07, 6.45) is 0.0618. The van der Waals surface area contributed by atoms with Crippen LogP contribution in [0.4, 0.5) is 5.69 Å². The molecular formula is C21H20ClN3O4. The number of carbonyl (C=O) groups is 2. The third kappa shape index (κ3) is 4.64. The number of ether oxygens (including phenoxy) is 1. The molecule has 2 N–H and O–H groups in total. The fourth-order valence-electron chi connectivity index (χ4n) is 2.90. The number of nitrogens with zero attached hydrogens (tertiary/aromatic N) is 2. The average Bonchev–Trinajstić information content (AvgIpc) is 3.09. The summed E-state index contributed by atoms with van der Waals surface area (Å²) < 4.78 is 6.44. The van der Waals surface area contributed by atoms with E-state index in [0.29, 0.717) is 22.0 Å². The molecule has 0 aliphatic carbocycles. The highest BCUT2D eigenvalue weighted by molar-refractivity contribution is 6.30. The molecule has 0 unspecified atom stereocenters. The number of carbonyl (C=O) groups excluding carboxylic acids is 2. The highest BCUT2D eigenvalue weighted by atomic mass is 35.5. The van der Waals surface area contributed by atoms with E-state index >= 15 is 0 Å². The Bertz CT molecular complexity index is 1020. The predicted octanol–water partition coefficient (Wildman–Crippen LogP) is 3.49. The van der Waals surface area contributed by atoms with Gasteiger partial charge in [0.05, 0.1) is 12.3 Å². The molecule has 0 atom stereocenters. The lowest BCUT2D eigenvalue weighted by atomic mass is 10.1. The summed E-state index contributed by atoms with van der Waals surface area (Å²) in [6.45, 7) is 1.58. The van der Waals surface area contributed by atoms with Crippen molar-refractivity contribution in [2.75, 3.05) is 18.5 Å². The minimum atomic E-state index is -0.662. The predicted molar refractivity (Wildman–Crippen MR) is 110 cm³/mol. The van der Waals surface area contributed by atoms with Gasteiger partial charge in [0.1, 0.15) is 5.69 Å². The number of amides is 1. The van der Waals surface area contributed by atoms with Crippen molar-refractivity contribution in [3.05, 3.63) is 76.6 Å². The molecule has 0 bridgehead atoms.